The Labute approximate surface area is 877 Å². The number of rotatable bonds is 29. The zero-order valence-corrected chi connectivity index (χ0v) is 87.0. The first-order valence-corrected chi connectivity index (χ1v) is 49.4. The Morgan fingerprint density at radius 1 is 0.426 bits per heavy atom. The molecule has 3 atom stereocenters. The summed E-state index contributed by atoms with van der Waals surface area (Å²) in [6.45, 7) is 23.2. The summed E-state index contributed by atoms with van der Waals surface area (Å²) in [6.07, 6.45) is 9.42. The number of benzene rings is 2. The molecule has 6 aromatic heterocycles. The van der Waals surface area contributed by atoms with E-state index < -0.39 is 29.8 Å². The van der Waals surface area contributed by atoms with Crippen LogP contribution in [0.4, 0.5) is 0 Å². The molecule has 4 N–H and O–H groups in total. The molecule has 0 spiro atoms. The molecule has 0 amide bonds. The molecule has 11 rings (SSSR count). The molecule has 0 saturated carbocycles. The summed E-state index contributed by atoms with van der Waals surface area (Å²) in [7, 11) is 1.34. The summed E-state index contributed by atoms with van der Waals surface area (Å²) in [4.78, 5) is 135. The highest BCUT2D eigenvalue weighted by atomic mass is 32.2. The first kappa shape index (κ1) is 128. The molecule has 802 valence electrons. The number of carboxylic acid groups (broad SMARTS) is 4. The van der Waals surface area contributed by atoms with Crippen LogP contribution in [-0.4, -0.2) is 377 Å². The van der Waals surface area contributed by atoms with E-state index in [1.165, 1.54) is 38.2 Å². The minimum atomic E-state index is -1.07. The molecule has 0 aliphatic carbocycles. The Kier molecular flexibility index (Phi) is 69.4. The first-order valence-electron chi connectivity index (χ1n) is 48.1. The lowest BCUT2D eigenvalue weighted by atomic mass is 9.99. The van der Waals surface area contributed by atoms with Crippen LogP contribution in [0.5, 0.6) is 0 Å². The molecule has 8 aromatic rings. The minimum absolute atomic E-state index is 0. The van der Waals surface area contributed by atoms with Crippen LogP contribution in [0.25, 0.3) is 0 Å². The van der Waals surface area contributed by atoms with Crippen molar-refractivity contribution in [2.45, 2.75) is 101 Å². The van der Waals surface area contributed by atoms with E-state index in [0.717, 1.165) is 95.9 Å². The number of thiocarbonyl (C=S) groups is 1. The molecule has 40 nitrogen and oxygen atoms in total. The quantitative estimate of drug-likeness (QED) is 0.00643. The molecule has 3 aliphatic rings. The number of hydrogen-bond donors (Lipinski definition) is 4. The van der Waals surface area contributed by atoms with Gasteiger partial charge in [-0.3, -0.25) is 39.4 Å². The maximum Gasteiger partial charge on any atom is 0.373 e. The number of isothiocyanates is 1. The van der Waals surface area contributed by atoms with Crippen molar-refractivity contribution in [2.75, 3.05) is 244 Å². The maximum absolute atomic E-state index is 11.9. The fourth-order valence-electron chi connectivity index (χ4n) is 15.4. The third kappa shape index (κ3) is 54.3. The van der Waals surface area contributed by atoms with Crippen LogP contribution < -0.4 is 0 Å². The first-order chi connectivity index (χ1) is 70.8. The van der Waals surface area contributed by atoms with Gasteiger partial charge in [0.05, 0.1) is 222 Å². The number of nitriles is 1. The van der Waals surface area contributed by atoms with E-state index in [-0.39, 0.29) is 81.1 Å². The fourth-order valence-corrected chi connectivity index (χ4v) is 15.8. The zero-order valence-electron chi connectivity index (χ0n) is 85.4. The summed E-state index contributed by atoms with van der Waals surface area (Å²) in [5.41, 5.74) is 8.15. The number of esters is 1. The average molecular weight is 2090 g/mol. The standard InChI is InChI=1S/C34H41N5O8S.C34H44N4O8.C33H49N5O6S.2CO2.3CH3/c35-25-48-30-9-7-26(8-10-30)21-29-24-46-17-13-38(22-27-3-1-5-31(36-27)33(40)41)11-15-44-19-20-45-16-12-39(14-18-47-29)23-28-4-2-6-32(37-28)34(42)43;1-26-5-3-7-30(35-26)32(27-9-11-28(12-10-27)33(39)40)38-15-19-45-23-21-43-17-13-37(14-18-44-22-24-46-20-16-38)25-29-6-4-8-31(36-29)34(41)42-2;39-33(40)31-11-8-9-29(36-31)27-37-15-19-41-23-25-43-21-17-38(18-22-44-26-24-42-20-16-37)32(30-10-5-7-14-35-30)12-4-2-1-3-6-13-34-28-45;2*2-1-3;;;/h1-10,29H,11-24H2,(H,40,41)(H,42,43);3-12,32H,13-25H2,1-2H3,(H,39,40);5,7-11,14,32H,1-4,6,12-13,15-27H2,(H,39,40);;;3*1H3/q;;;;;3*+1. The highest BCUT2D eigenvalue weighted by Crippen LogP contribution is 2.30. The summed E-state index contributed by atoms with van der Waals surface area (Å²) in [5, 5.41) is 50.9. The Hall–Kier alpha value is -12.0. The predicted molar refractivity (Wildman–Crippen MR) is 552 cm³/mol. The lowest BCUT2D eigenvalue weighted by molar-refractivity contribution is -0.193. The predicted octanol–water partition coefficient (Wildman–Crippen LogP) is 11.4. The number of methoxy groups -OCH3 is 1. The number of ether oxygens (including phenoxy) is 13. The minimum Gasteiger partial charge on any atom is -0.478 e. The number of aryl methyl sites for hydroxylation is 1. The number of carbonyl (C=O) groups excluding carboxylic acids is 5. The van der Waals surface area contributed by atoms with Gasteiger partial charge in [0.15, 0.2) is 0 Å². The number of hydrogen-bond acceptors (Lipinski definition) is 38. The van der Waals surface area contributed by atoms with E-state index in [2.05, 4.69) is 89.2 Å². The SMILES string of the molecule is COC(=O)c1cccc(CN2CCOCCOCCN(C(c3ccc(C(=O)O)cc3)c3cccc(C)n3)CCOCCOCC2)n1.N#CSc1ccc(CC2COCCN(Cc3cccc(C(=O)O)n3)CCOCCOCCN(Cc3cccc(C(=O)O)n3)CCO2)cc1.O=C(O)c1cccc(CN2CCOCCOCCN(C(CCCCCCCN=C=S)c3ccccn3)CCOCCOCC2)n1.O=C=O.O=C=O.[CH3+].[CH3+].[CH3+]. The second-order valence-electron chi connectivity index (χ2n) is 32.9. The average Bonchev–Trinajstić information content (AvgIpc) is 0.808. The van der Waals surface area contributed by atoms with Gasteiger partial charge in [-0.1, -0.05) is 86.3 Å². The van der Waals surface area contributed by atoms with Gasteiger partial charge in [0.1, 0.15) is 28.2 Å². The lowest BCUT2D eigenvalue weighted by Gasteiger charge is -2.32. The van der Waals surface area contributed by atoms with Gasteiger partial charge in [0.2, 0.25) is 0 Å². The van der Waals surface area contributed by atoms with Gasteiger partial charge in [-0.2, -0.15) is 24.4 Å². The zero-order chi connectivity index (χ0) is 104. The number of pyridine rings is 6. The Morgan fingerprint density at radius 3 is 1.18 bits per heavy atom. The number of aliphatic imine (C=N–C) groups is 1. The maximum atomic E-state index is 11.9. The highest BCUT2D eigenvalue weighted by molar-refractivity contribution is 8.03. The van der Waals surface area contributed by atoms with E-state index in [9.17, 15) is 44.4 Å². The van der Waals surface area contributed by atoms with Crippen LogP contribution in [0.1, 0.15) is 154 Å². The monoisotopic (exact) mass is 2090 g/mol. The van der Waals surface area contributed by atoms with Gasteiger partial charge in [0.25, 0.3) is 0 Å². The molecule has 2 aromatic carbocycles. The topological polar surface area (TPSA) is 487 Å². The van der Waals surface area contributed by atoms with Crippen molar-refractivity contribution >= 4 is 71.3 Å². The second kappa shape index (κ2) is 80.0. The number of aromatic nitrogens is 6. The van der Waals surface area contributed by atoms with Gasteiger partial charge in [-0.05, 0) is 152 Å². The van der Waals surface area contributed by atoms with Crippen molar-refractivity contribution in [1.82, 2.24) is 59.3 Å². The van der Waals surface area contributed by atoms with E-state index in [4.69, 9.17) is 96.0 Å². The fraction of sp³-hybridized carbons (Fsp3) is 0.491. The van der Waals surface area contributed by atoms with E-state index in [1.807, 2.05) is 85.9 Å². The summed E-state index contributed by atoms with van der Waals surface area (Å²) in [5.74, 6) is -4.60. The molecule has 3 saturated heterocycles. The number of nitrogens with zero attached hydrogens (tertiary/aromatic N) is 14. The van der Waals surface area contributed by atoms with Crippen LogP contribution in [0, 0.1) is 39.9 Å². The number of carboxylic acids is 4. The molecule has 148 heavy (non-hydrogen) atoms. The van der Waals surface area contributed by atoms with E-state index >= 15 is 0 Å². The number of carbonyl (C=O) groups is 5. The van der Waals surface area contributed by atoms with Crippen LogP contribution in [0.2, 0.25) is 0 Å². The van der Waals surface area contributed by atoms with E-state index in [1.54, 1.807) is 54.6 Å². The molecule has 0 radical (unpaired) electrons. The van der Waals surface area contributed by atoms with Gasteiger partial charge < -0.3 is 82.0 Å². The Morgan fingerprint density at radius 2 is 0.797 bits per heavy atom. The highest BCUT2D eigenvalue weighted by Gasteiger charge is 2.27. The molecular weight excluding hydrogens is 1950 g/mol. The third-order valence-corrected chi connectivity index (χ3v) is 23.3. The molecule has 0 bridgehead atoms. The summed E-state index contributed by atoms with van der Waals surface area (Å²) < 4.78 is 76.5. The lowest BCUT2D eigenvalue weighted by Crippen LogP contribution is -2.36. The van der Waals surface area contributed by atoms with Gasteiger partial charge in [-0.15, -0.1) is 0 Å². The largest absolute Gasteiger partial charge is 0.478 e. The number of aromatic carboxylic acids is 4. The number of thiocyanates is 1. The molecule has 3 fully saturated rings. The molecule has 42 heteroatoms. The van der Waals surface area contributed by atoms with Gasteiger partial charge >= 0.3 is 42.1 Å². The molecule has 3 aliphatic heterocycles. The normalized spacial score (nSPS) is 17.0. The van der Waals surface area contributed by atoms with Crippen molar-refractivity contribution in [1.29, 1.82) is 5.26 Å². The van der Waals surface area contributed by atoms with Crippen LogP contribution in [-0.2, 0) is 113 Å². The van der Waals surface area contributed by atoms with Crippen LogP contribution in [0.15, 0.2) is 174 Å². The van der Waals surface area contributed by atoms with Crippen molar-refractivity contribution in [3.05, 3.63) is 266 Å². The summed E-state index contributed by atoms with van der Waals surface area (Å²) >= 11 is 5.76. The van der Waals surface area contributed by atoms with Gasteiger partial charge in [0, 0.05) is 157 Å². The van der Waals surface area contributed by atoms with Crippen molar-refractivity contribution < 1.29 is 125 Å². The number of unbranched alkanes of at least 4 members (excludes halogenated alkanes) is 4. The molecular formula is C106H143N14O26S2+3. The number of thioether (sulfide) groups is 1. The van der Waals surface area contributed by atoms with Crippen molar-refractivity contribution in [3.63, 3.8) is 0 Å². The molecule has 9 heterocycles. The van der Waals surface area contributed by atoms with Crippen molar-refractivity contribution in [2.24, 2.45) is 4.99 Å². The second-order valence-corrected chi connectivity index (χ2v) is 33.9. The van der Waals surface area contributed by atoms with Gasteiger partial charge in [-0.25, -0.2) is 48.9 Å². The van der Waals surface area contributed by atoms with Crippen LogP contribution >= 0.6 is 24.0 Å². The van der Waals surface area contributed by atoms with Crippen molar-refractivity contribution in [3.8, 4) is 5.40 Å². The third-order valence-electron chi connectivity index (χ3n) is 22.6. The summed E-state index contributed by atoms with van der Waals surface area (Å²) in [6, 6.07) is 47.1. The van der Waals surface area contributed by atoms with Crippen LogP contribution in [0.3, 0.4) is 0 Å². The molecule has 3 unspecified atom stereocenters. The smallest absolute Gasteiger partial charge is 0.373 e. The van der Waals surface area contributed by atoms with E-state index in [0.29, 0.717) is 267 Å². The Bertz CT molecular complexity index is 5120. The Balaban J connectivity index is 0.000000445.